The molecule has 1 aromatic carbocycles. The van der Waals surface area contributed by atoms with Crippen molar-refractivity contribution in [3.8, 4) is 5.75 Å². The summed E-state index contributed by atoms with van der Waals surface area (Å²) in [5.41, 5.74) is 4.05. The van der Waals surface area contributed by atoms with E-state index in [9.17, 15) is 4.79 Å². The van der Waals surface area contributed by atoms with Gasteiger partial charge in [-0.1, -0.05) is 11.6 Å². The second kappa shape index (κ2) is 5.73. The lowest BCUT2D eigenvalue weighted by Gasteiger charge is -2.13. The van der Waals surface area contributed by atoms with Crippen LogP contribution >= 0.6 is 11.6 Å². The number of carbonyl (C=O) groups is 1. The van der Waals surface area contributed by atoms with Crippen molar-refractivity contribution >= 4 is 28.9 Å². The molecule has 1 aromatic rings. The van der Waals surface area contributed by atoms with Gasteiger partial charge in [0.15, 0.2) is 0 Å². The first-order chi connectivity index (χ1) is 8.70. The Kier molecular flexibility index (Phi) is 4.04. The van der Waals surface area contributed by atoms with Gasteiger partial charge in [-0.05, 0) is 31.0 Å². The van der Waals surface area contributed by atoms with Gasteiger partial charge >= 0.3 is 0 Å². The van der Waals surface area contributed by atoms with E-state index in [0.717, 1.165) is 6.42 Å². The zero-order chi connectivity index (χ0) is 13.0. The molecule has 6 heteroatoms. The summed E-state index contributed by atoms with van der Waals surface area (Å²) in [4.78, 5) is 11.5. The van der Waals surface area contributed by atoms with Gasteiger partial charge in [-0.25, -0.2) is 0 Å². The van der Waals surface area contributed by atoms with E-state index in [1.807, 2.05) is 0 Å². The number of halogens is 1. The van der Waals surface area contributed by atoms with Gasteiger partial charge in [0.25, 0.3) is 5.91 Å². The monoisotopic (exact) mass is 267 g/mol. The van der Waals surface area contributed by atoms with Crippen molar-refractivity contribution < 1.29 is 9.53 Å². The van der Waals surface area contributed by atoms with Crippen LogP contribution in [0.3, 0.4) is 0 Å². The number of nitrogens with one attached hydrogen (secondary N) is 2. The highest BCUT2D eigenvalue weighted by molar-refractivity contribution is 6.39. The smallest absolute Gasteiger partial charge is 0.267 e. The summed E-state index contributed by atoms with van der Waals surface area (Å²) in [5.74, 6) is 0.485. The molecule has 1 aliphatic heterocycles. The van der Waals surface area contributed by atoms with Crippen molar-refractivity contribution in [2.75, 3.05) is 19.1 Å². The number of hydrogen-bond acceptors (Lipinski definition) is 4. The topological polar surface area (TPSA) is 62.7 Å². The molecule has 0 spiro atoms. The minimum atomic E-state index is -0.117. The predicted molar refractivity (Wildman–Crippen MR) is 71.3 cm³/mol. The number of amides is 1. The first-order valence-corrected chi connectivity index (χ1v) is 6.03. The SMILES string of the molecule is COc1ccc(NN=C2CCCNC2=O)cc1Cl. The van der Waals surface area contributed by atoms with E-state index < -0.39 is 0 Å². The van der Waals surface area contributed by atoms with Crippen LogP contribution < -0.4 is 15.5 Å². The van der Waals surface area contributed by atoms with Crippen LogP contribution in [0.2, 0.25) is 5.02 Å². The lowest BCUT2D eigenvalue weighted by Crippen LogP contribution is -2.37. The number of benzene rings is 1. The molecule has 2 rings (SSSR count). The molecule has 18 heavy (non-hydrogen) atoms. The third-order valence-electron chi connectivity index (χ3n) is 2.61. The van der Waals surface area contributed by atoms with Crippen molar-refractivity contribution in [3.63, 3.8) is 0 Å². The molecule has 1 fully saturated rings. The fourth-order valence-corrected chi connectivity index (χ4v) is 1.91. The number of hydrazone groups is 1. The fourth-order valence-electron chi connectivity index (χ4n) is 1.65. The van der Waals surface area contributed by atoms with E-state index in [0.29, 0.717) is 35.1 Å². The third kappa shape index (κ3) is 2.92. The van der Waals surface area contributed by atoms with Crippen LogP contribution in [0.25, 0.3) is 0 Å². The number of methoxy groups -OCH3 is 1. The standard InChI is InChI=1S/C12H14ClN3O2/c1-18-11-5-4-8(7-9(11)13)15-16-10-3-2-6-14-12(10)17/h4-5,7,15H,2-3,6H2,1H3,(H,14,17). The van der Waals surface area contributed by atoms with E-state index in [1.165, 1.54) is 0 Å². The summed E-state index contributed by atoms with van der Waals surface area (Å²) >= 11 is 5.99. The highest BCUT2D eigenvalue weighted by atomic mass is 35.5. The minimum Gasteiger partial charge on any atom is -0.495 e. The van der Waals surface area contributed by atoms with Crippen LogP contribution in [0.5, 0.6) is 5.75 Å². The number of carbonyl (C=O) groups excluding carboxylic acids is 1. The van der Waals surface area contributed by atoms with Gasteiger partial charge in [0.2, 0.25) is 0 Å². The summed E-state index contributed by atoms with van der Waals surface area (Å²) in [6.07, 6.45) is 1.60. The number of hydrogen-bond donors (Lipinski definition) is 2. The maximum absolute atomic E-state index is 11.5. The molecular formula is C12H14ClN3O2. The molecule has 2 N–H and O–H groups in total. The van der Waals surface area contributed by atoms with E-state index in [4.69, 9.17) is 16.3 Å². The third-order valence-corrected chi connectivity index (χ3v) is 2.91. The van der Waals surface area contributed by atoms with Gasteiger partial charge in [-0.3, -0.25) is 10.2 Å². The quantitative estimate of drug-likeness (QED) is 0.824. The zero-order valence-electron chi connectivity index (χ0n) is 10.00. The Morgan fingerprint density at radius 3 is 3.00 bits per heavy atom. The Labute approximate surface area is 110 Å². The van der Waals surface area contributed by atoms with Crippen LogP contribution in [-0.4, -0.2) is 25.3 Å². The number of ether oxygens (including phenoxy) is 1. The predicted octanol–water partition coefficient (Wildman–Crippen LogP) is 2.03. The van der Waals surface area contributed by atoms with E-state index >= 15 is 0 Å². The van der Waals surface area contributed by atoms with Crippen LogP contribution in [0.1, 0.15) is 12.8 Å². The first kappa shape index (κ1) is 12.7. The summed E-state index contributed by atoms with van der Waals surface area (Å²) in [5, 5.41) is 7.32. The Balaban J connectivity index is 2.07. The highest BCUT2D eigenvalue weighted by Crippen LogP contribution is 2.27. The maximum Gasteiger partial charge on any atom is 0.267 e. The Morgan fingerprint density at radius 1 is 1.50 bits per heavy atom. The van der Waals surface area contributed by atoms with Crippen molar-refractivity contribution in [2.24, 2.45) is 5.10 Å². The number of nitrogens with zero attached hydrogens (tertiary/aromatic N) is 1. The number of anilines is 1. The minimum absolute atomic E-state index is 0.117. The van der Waals surface area contributed by atoms with Gasteiger partial charge in [0.05, 0.1) is 17.8 Å². The average Bonchev–Trinajstić information content (AvgIpc) is 2.38. The maximum atomic E-state index is 11.5. The van der Waals surface area contributed by atoms with Gasteiger partial charge in [-0.2, -0.15) is 5.10 Å². The van der Waals surface area contributed by atoms with Crippen LogP contribution in [0.4, 0.5) is 5.69 Å². The molecule has 0 bridgehead atoms. The Bertz CT molecular complexity index is 488. The van der Waals surface area contributed by atoms with E-state index in [-0.39, 0.29) is 5.91 Å². The molecule has 0 radical (unpaired) electrons. The summed E-state index contributed by atoms with van der Waals surface area (Å²) in [6.45, 7) is 0.715. The van der Waals surface area contributed by atoms with Gasteiger partial charge < -0.3 is 10.1 Å². The van der Waals surface area contributed by atoms with Crippen molar-refractivity contribution in [1.29, 1.82) is 0 Å². The second-order valence-corrected chi connectivity index (χ2v) is 4.29. The molecule has 1 heterocycles. The van der Waals surface area contributed by atoms with E-state index in [2.05, 4.69) is 15.8 Å². The molecule has 1 amide bonds. The normalized spacial score (nSPS) is 17.4. The summed E-state index contributed by atoms with van der Waals surface area (Å²) in [7, 11) is 1.56. The zero-order valence-corrected chi connectivity index (χ0v) is 10.8. The summed E-state index contributed by atoms with van der Waals surface area (Å²) in [6, 6.07) is 5.23. The molecule has 0 saturated carbocycles. The molecule has 1 aliphatic rings. The molecular weight excluding hydrogens is 254 g/mol. The van der Waals surface area contributed by atoms with Crippen LogP contribution in [0.15, 0.2) is 23.3 Å². The average molecular weight is 268 g/mol. The van der Waals surface area contributed by atoms with Gasteiger partial charge in [0.1, 0.15) is 11.5 Å². The molecule has 0 aromatic heterocycles. The fraction of sp³-hybridized carbons (Fsp3) is 0.333. The lowest BCUT2D eigenvalue weighted by molar-refractivity contribution is -0.115. The van der Waals surface area contributed by atoms with Crippen LogP contribution in [0, 0.1) is 0 Å². The summed E-state index contributed by atoms with van der Waals surface area (Å²) < 4.78 is 5.05. The van der Waals surface area contributed by atoms with Crippen molar-refractivity contribution in [3.05, 3.63) is 23.2 Å². The first-order valence-electron chi connectivity index (χ1n) is 5.65. The van der Waals surface area contributed by atoms with Gasteiger partial charge in [0, 0.05) is 6.54 Å². The van der Waals surface area contributed by atoms with Gasteiger partial charge in [-0.15, -0.1) is 0 Å². The molecule has 0 aliphatic carbocycles. The number of rotatable bonds is 3. The van der Waals surface area contributed by atoms with Crippen LogP contribution in [-0.2, 0) is 4.79 Å². The molecule has 0 atom stereocenters. The van der Waals surface area contributed by atoms with Crippen molar-refractivity contribution in [2.45, 2.75) is 12.8 Å². The van der Waals surface area contributed by atoms with Crippen molar-refractivity contribution in [1.82, 2.24) is 5.32 Å². The molecule has 5 nitrogen and oxygen atoms in total. The second-order valence-electron chi connectivity index (χ2n) is 3.88. The molecule has 0 unspecified atom stereocenters. The van der Waals surface area contributed by atoms with E-state index in [1.54, 1.807) is 25.3 Å². The number of piperidine rings is 1. The molecule has 1 saturated heterocycles. The Morgan fingerprint density at radius 2 is 2.33 bits per heavy atom. The lowest BCUT2D eigenvalue weighted by atomic mass is 10.1. The molecule has 96 valence electrons. The largest absolute Gasteiger partial charge is 0.495 e. The Hall–Kier alpha value is -1.75. The highest BCUT2D eigenvalue weighted by Gasteiger charge is 2.15.